The van der Waals surface area contributed by atoms with Crippen molar-refractivity contribution in [2.24, 2.45) is 5.41 Å². The molecule has 0 amide bonds. The molecule has 0 radical (unpaired) electrons. The van der Waals surface area contributed by atoms with Crippen molar-refractivity contribution >= 4 is 5.97 Å². The number of hydrogen-bond acceptors (Lipinski definition) is 6. The van der Waals surface area contributed by atoms with Crippen LogP contribution in [-0.4, -0.2) is 50.1 Å². The average molecular weight is 298 g/mol. The quantitative estimate of drug-likeness (QED) is 0.861. The van der Waals surface area contributed by atoms with Gasteiger partial charge in [0.05, 0.1) is 17.6 Å². The SMILES string of the molecule is CC(C)(C)OCc1nnnn1CC1(C(=O)O)CCOCC1. The first kappa shape index (κ1) is 15.8. The number of carbonyl (C=O) groups is 1. The molecule has 1 fully saturated rings. The molecule has 1 N–H and O–H groups in total. The predicted octanol–water partition coefficient (Wildman–Crippen LogP) is 0.870. The molecule has 0 saturated carbocycles. The molecular weight excluding hydrogens is 276 g/mol. The summed E-state index contributed by atoms with van der Waals surface area (Å²) in [6.07, 6.45) is 0.920. The van der Waals surface area contributed by atoms with Gasteiger partial charge in [-0.3, -0.25) is 4.79 Å². The summed E-state index contributed by atoms with van der Waals surface area (Å²) in [5.74, 6) is -0.291. The van der Waals surface area contributed by atoms with E-state index < -0.39 is 11.4 Å². The van der Waals surface area contributed by atoms with Crippen molar-refractivity contribution in [2.75, 3.05) is 13.2 Å². The lowest BCUT2D eigenvalue weighted by molar-refractivity contribution is -0.156. The van der Waals surface area contributed by atoms with Crippen molar-refractivity contribution in [1.82, 2.24) is 20.2 Å². The molecule has 1 aliphatic heterocycles. The molecule has 2 rings (SSSR count). The number of aromatic nitrogens is 4. The van der Waals surface area contributed by atoms with Crippen molar-refractivity contribution in [3.63, 3.8) is 0 Å². The van der Waals surface area contributed by atoms with E-state index in [9.17, 15) is 9.90 Å². The minimum Gasteiger partial charge on any atom is -0.481 e. The number of rotatable bonds is 5. The fraction of sp³-hybridized carbons (Fsp3) is 0.846. The third-order valence-corrected chi connectivity index (χ3v) is 3.60. The Bertz CT molecular complexity index is 489. The highest BCUT2D eigenvalue weighted by atomic mass is 16.5. The molecule has 8 nitrogen and oxygen atoms in total. The van der Waals surface area contributed by atoms with Gasteiger partial charge in [-0.05, 0) is 44.0 Å². The third kappa shape index (κ3) is 3.98. The van der Waals surface area contributed by atoms with Crippen molar-refractivity contribution in [3.05, 3.63) is 5.82 Å². The van der Waals surface area contributed by atoms with E-state index in [1.54, 1.807) is 0 Å². The Morgan fingerprint density at radius 1 is 1.43 bits per heavy atom. The Hall–Kier alpha value is -1.54. The van der Waals surface area contributed by atoms with Gasteiger partial charge < -0.3 is 14.6 Å². The molecule has 0 bridgehead atoms. The Kier molecular flexibility index (Phi) is 4.58. The Morgan fingerprint density at radius 3 is 2.67 bits per heavy atom. The van der Waals surface area contributed by atoms with Crippen LogP contribution in [0.3, 0.4) is 0 Å². The van der Waals surface area contributed by atoms with E-state index in [0.717, 1.165) is 0 Å². The summed E-state index contributed by atoms with van der Waals surface area (Å²) in [7, 11) is 0. The molecule has 1 saturated heterocycles. The molecule has 0 atom stereocenters. The molecule has 2 heterocycles. The first-order valence-corrected chi connectivity index (χ1v) is 7.03. The lowest BCUT2D eigenvalue weighted by Gasteiger charge is -2.32. The largest absolute Gasteiger partial charge is 0.481 e. The smallest absolute Gasteiger partial charge is 0.311 e. The van der Waals surface area contributed by atoms with Gasteiger partial charge in [-0.25, -0.2) is 4.68 Å². The van der Waals surface area contributed by atoms with Gasteiger partial charge in [0.15, 0.2) is 5.82 Å². The maximum Gasteiger partial charge on any atom is 0.311 e. The standard InChI is InChI=1S/C13H22N4O4/c1-12(2,3)21-8-10-14-15-16-17(10)9-13(11(18)19)4-6-20-7-5-13/h4-9H2,1-3H3,(H,18,19). The molecule has 0 unspecified atom stereocenters. The van der Waals surface area contributed by atoms with Crippen LogP contribution in [0.25, 0.3) is 0 Å². The molecule has 118 valence electrons. The molecule has 1 aromatic heterocycles. The fourth-order valence-electron chi connectivity index (χ4n) is 2.22. The van der Waals surface area contributed by atoms with Crippen LogP contribution >= 0.6 is 0 Å². The highest BCUT2D eigenvalue weighted by Crippen LogP contribution is 2.32. The van der Waals surface area contributed by atoms with E-state index in [0.29, 0.717) is 31.9 Å². The number of carboxylic acid groups (broad SMARTS) is 1. The Morgan fingerprint density at radius 2 is 2.10 bits per heavy atom. The normalized spacial score (nSPS) is 18.6. The number of carboxylic acids is 1. The Balaban J connectivity index is 2.11. The topological polar surface area (TPSA) is 99.4 Å². The zero-order chi connectivity index (χ0) is 15.5. The van der Waals surface area contributed by atoms with Crippen LogP contribution in [0.1, 0.15) is 39.4 Å². The lowest BCUT2D eigenvalue weighted by Crippen LogP contribution is -2.41. The van der Waals surface area contributed by atoms with E-state index in [4.69, 9.17) is 9.47 Å². The molecular formula is C13H22N4O4. The zero-order valence-electron chi connectivity index (χ0n) is 12.7. The van der Waals surface area contributed by atoms with Crippen LogP contribution in [0.5, 0.6) is 0 Å². The van der Waals surface area contributed by atoms with Crippen LogP contribution in [0.2, 0.25) is 0 Å². The van der Waals surface area contributed by atoms with Crippen molar-refractivity contribution < 1.29 is 19.4 Å². The van der Waals surface area contributed by atoms with E-state index >= 15 is 0 Å². The van der Waals surface area contributed by atoms with Gasteiger partial charge in [0.25, 0.3) is 0 Å². The van der Waals surface area contributed by atoms with E-state index in [-0.39, 0.29) is 18.8 Å². The van der Waals surface area contributed by atoms with Crippen molar-refractivity contribution in [1.29, 1.82) is 0 Å². The highest BCUT2D eigenvalue weighted by molar-refractivity contribution is 5.74. The lowest BCUT2D eigenvalue weighted by atomic mass is 9.80. The number of ether oxygens (including phenoxy) is 2. The summed E-state index contributed by atoms with van der Waals surface area (Å²) in [5.41, 5.74) is -1.18. The van der Waals surface area contributed by atoms with E-state index in [2.05, 4.69) is 15.5 Å². The van der Waals surface area contributed by atoms with Gasteiger partial charge in [-0.15, -0.1) is 5.10 Å². The van der Waals surface area contributed by atoms with Crippen molar-refractivity contribution in [3.8, 4) is 0 Å². The summed E-state index contributed by atoms with van der Waals surface area (Å²) < 4.78 is 12.5. The second-order valence-corrected chi connectivity index (χ2v) is 6.35. The van der Waals surface area contributed by atoms with E-state index in [1.807, 2.05) is 20.8 Å². The van der Waals surface area contributed by atoms with Gasteiger partial charge in [0.2, 0.25) is 0 Å². The minimum atomic E-state index is -0.871. The second-order valence-electron chi connectivity index (χ2n) is 6.35. The molecule has 1 aromatic rings. The van der Waals surface area contributed by atoms with Crippen LogP contribution in [0.4, 0.5) is 0 Å². The summed E-state index contributed by atoms with van der Waals surface area (Å²) in [6, 6.07) is 0. The number of tetrazole rings is 1. The molecule has 0 spiro atoms. The summed E-state index contributed by atoms with van der Waals surface area (Å²) in [6.45, 7) is 7.21. The molecule has 21 heavy (non-hydrogen) atoms. The monoisotopic (exact) mass is 298 g/mol. The van der Waals surface area contributed by atoms with Crippen LogP contribution in [0.15, 0.2) is 0 Å². The fourth-order valence-corrected chi connectivity index (χ4v) is 2.22. The molecule has 0 aliphatic carbocycles. The number of nitrogens with zero attached hydrogens (tertiary/aromatic N) is 4. The van der Waals surface area contributed by atoms with E-state index in [1.165, 1.54) is 4.68 Å². The maximum atomic E-state index is 11.7. The molecule has 8 heteroatoms. The number of hydrogen-bond donors (Lipinski definition) is 1. The highest BCUT2D eigenvalue weighted by Gasteiger charge is 2.41. The first-order valence-electron chi connectivity index (χ1n) is 7.03. The molecule has 1 aliphatic rings. The van der Waals surface area contributed by atoms with Crippen molar-refractivity contribution in [2.45, 2.75) is 52.4 Å². The second kappa shape index (κ2) is 6.07. The van der Waals surface area contributed by atoms with Crippen LogP contribution in [-0.2, 0) is 27.4 Å². The first-order chi connectivity index (χ1) is 9.82. The van der Waals surface area contributed by atoms with Gasteiger partial charge in [-0.1, -0.05) is 0 Å². The predicted molar refractivity (Wildman–Crippen MR) is 72.5 cm³/mol. The maximum absolute atomic E-state index is 11.7. The van der Waals surface area contributed by atoms with Crippen LogP contribution in [0, 0.1) is 5.41 Å². The zero-order valence-corrected chi connectivity index (χ0v) is 12.7. The van der Waals surface area contributed by atoms with Gasteiger partial charge >= 0.3 is 5.97 Å². The third-order valence-electron chi connectivity index (χ3n) is 3.60. The summed E-state index contributed by atoms with van der Waals surface area (Å²) in [4.78, 5) is 11.7. The number of aliphatic carboxylic acids is 1. The van der Waals surface area contributed by atoms with Gasteiger partial charge in [0, 0.05) is 13.2 Å². The average Bonchev–Trinajstić information content (AvgIpc) is 2.83. The van der Waals surface area contributed by atoms with Gasteiger partial charge in [-0.2, -0.15) is 0 Å². The minimum absolute atomic E-state index is 0.238. The Labute approximate surface area is 123 Å². The van der Waals surface area contributed by atoms with Gasteiger partial charge in [0.1, 0.15) is 6.61 Å². The summed E-state index contributed by atoms with van der Waals surface area (Å²) in [5, 5.41) is 21.0. The van der Waals surface area contributed by atoms with Crippen LogP contribution < -0.4 is 0 Å². The molecule has 0 aromatic carbocycles. The summed E-state index contributed by atoms with van der Waals surface area (Å²) >= 11 is 0.